The first-order valence-corrected chi connectivity index (χ1v) is 3.34. The van der Waals surface area contributed by atoms with Crippen molar-refractivity contribution in [2.75, 3.05) is 7.05 Å². The molecule has 0 aromatic carbocycles. The van der Waals surface area contributed by atoms with Crippen LogP contribution in [0.2, 0.25) is 0 Å². The Morgan fingerprint density at radius 1 is 1.36 bits per heavy atom. The molecule has 0 spiro atoms. The van der Waals surface area contributed by atoms with Crippen molar-refractivity contribution in [1.29, 1.82) is 0 Å². The molecule has 1 N–H and O–H groups in total. The minimum atomic E-state index is -0.168. The molecule has 1 nitrogen and oxygen atoms in total. The Balaban J connectivity index is 0. The van der Waals surface area contributed by atoms with E-state index in [0.717, 1.165) is 5.57 Å². The molecule has 0 aromatic rings. The summed E-state index contributed by atoms with van der Waals surface area (Å²) in [4.78, 5) is 0. The van der Waals surface area contributed by atoms with Gasteiger partial charge in [-0.25, -0.2) is 4.39 Å². The Bertz CT molecular complexity index is 144. The molecule has 0 bridgehead atoms. The van der Waals surface area contributed by atoms with Crippen LogP contribution < -0.4 is 5.32 Å². The molecule has 0 aliphatic rings. The highest BCUT2D eigenvalue weighted by molar-refractivity contribution is 5.16. The molecule has 0 saturated carbocycles. The summed E-state index contributed by atoms with van der Waals surface area (Å²) in [6.45, 7) is 9.26. The molecule has 2 heteroatoms. The summed E-state index contributed by atoms with van der Waals surface area (Å²) < 4.78 is 12.1. The molecule has 64 valence electrons. The second-order valence-corrected chi connectivity index (χ2v) is 1.91. The average molecular weight is 157 g/mol. The molecule has 0 heterocycles. The number of halogens is 1. The summed E-state index contributed by atoms with van der Waals surface area (Å²) in [6.07, 6.45) is 3.21. The van der Waals surface area contributed by atoms with Crippen LogP contribution in [-0.2, 0) is 0 Å². The van der Waals surface area contributed by atoms with E-state index in [0.29, 0.717) is 0 Å². The molecular formula is C9H16FN. The van der Waals surface area contributed by atoms with E-state index in [2.05, 4.69) is 18.5 Å². The van der Waals surface area contributed by atoms with Crippen molar-refractivity contribution in [2.24, 2.45) is 0 Å². The second kappa shape index (κ2) is 8.95. The predicted octanol–water partition coefficient (Wildman–Crippen LogP) is 2.79. The highest BCUT2D eigenvalue weighted by Crippen LogP contribution is 1.99. The van der Waals surface area contributed by atoms with Crippen LogP contribution in [0.5, 0.6) is 0 Å². The van der Waals surface area contributed by atoms with Crippen molar-refractivity contribution in [1.82, 2.24) is 5.32 Å². The van der Waals surface area contributed by atoms with Crippen LogP contribution in [0, 0.1) is 0 Å². The van der Waals surface area contributed by atoms with Gasteiger partial charge < -0.3 is 5.32 Å². The van der Waals surface area contributed by atoms with Crippen LogP contribution in [-0.4, -0.2) is 7.05 Å². The maximum Gasteiger partial charge on any atom is 0.0971 e. The zero-order valence-electron chi connectivity index (χ0n) is 7.45. The van der Waals surface area contributed by atoms with Crippen LogP contribution in [0.4, 0.5) is 4.39 Å². The van der Waals surface area contributed by atoms with E-state index >= 15 is 0 Å². The molecule has 0 aliphatic carbocycles. The van der Waals surface area contributed by atoms with Crippen molar-refractivity contribution in [3.63, 3.8) is 0 Å². The Morgan fingerprint density at radius 2 is 1.82 bits per heavy atom. The standard InChI is InChI=1S/C7H12FN.C2H4/c1-6(5-9-3)4-7(2)8;1-2/h4-5,9H,1-3H3;1-2H2/b6-5-,7-4+;. The lowest BCUT2D eigenvalue weighted by Crippen LogP contribution is -1.92. The lowest BCUT2D eigenvalue weighted by Gasteiger charge is -1.90. The van der Waals surface area contributed by atoms with Crippen LogP contribution >= 0.6 is 0 Å². The lowest BCUT2D eigenvalue weighted by atomic mass is 10.3. The molecule has 0 radical (unpaired) electrons. The Hall–Kier alpha value is -1.05. The van der Waals surface area contributed by atoms with Gasteiger partial charge in [-0.2, -0.15) is 0 Å². The smallest absolute Gasteiger partial charge is 0.0971 e. The quantitative estimate of drug-likeness (QED) is 0.480. The van der Waals surface area contributed by atoms with Gasteiger partial charge in [-0.05, 0) is 31.7 Å². The fourth-order valence-electron chi connectivity index (χ4n) is 0.583. The normalized spacial score (nSPS) is 11.6. The summed E-state index contributed by atoms with van der Waals surface area (Å²) in [6, 6.07) is 0. The highest BCUT2D eigenvalue weighted by atomic mass is 19.1. The largest absolute Gasteiger partial charge is 0.394 e. The molecular weight excluding hydrogens is 141 g/mol. The zero-order valence-corrected chi connectivity index (χ0v) is 7.45. The summed E-state index contributed by atoms with van der Waals surface area (Å²) in [5.74, 6) is -0.168. The van der Waals surface area contributed by atoms with Crippen LogP contribution in [0.3, 0.4) is 0 Å². The van der Waals surface area contributed by atoms with Crippen molar-refractivity contribution >= 4 is 0 Å². The second-order valence-electron chi connectivity index (χ2n) is 1.91. The highest BCUT2D eigenvalue weighted by Gasteiger charge is 1.82. The Labute approximate surface area is 68.3 Å². The van der Waals surface area contributed by atoms with Gasteiger partial charge in [-0.1, -0.05) is 0 Å². The molecule has 11 heavy (non-hydrogen) atoms. The summed E-state index contributed by atoms with van der Waals surface area (Å²) >= 11 is 0. The molecule has 0 fully saturated rings. The van der Waals surface area contributed by atoms with Gasteiger partial charge in [0.15, 0.2) is 0 Å². The summed E-state index contributed by atoms with van der Waals surface area (Å²) in [7, 11) is 1.78. The van der Waals surface area contributed by atoms with Gasteiger partial charge in [0, 0.05) is 7.05 Å². The van der Waals surface area contributed by atoms with Crippen LogP contribution in [0.15, 0.2) is 36.8 Å². The van der Waals surface area contributed by atoms with Crippen molar-refractivity contribution in [3.8, 4) is 0 Å². The number of hydrogen-bond donors (Lipinski definition) is 1. The van der Waals surface area contributed by atoms with E-state index < -0.39 is 0 Å². The van der Waals surface area contributed by atoms with Gasteiger partial charge in [0.05, 0.1) is 5.83 Å². The Morgan fingerprint density at radius 3 is 2.09 bits per heavy atom. The Kier molecular flexibility index (Phi) is 10.3. The van der Waals surface area contributed by atoms with E-state index in [4.69, 9.17) is 0 Å². The zero-order chi connectivity index (χ0) is 9.28. The van der Waals surface area contributed by atoms with Gasteiger partial charge in [0.25, 0.3) is 0 Å². The number of nitrogens with one attached hydrogen (secondary N) is 1. The van der Waals surface area contributed by atoms with Gasteiger partial charge in [-0.3, -0.25) is 0 Å². The monoisotopic (exact) mass is 157 g/mol. The average Bonchev–Trinajstić information content (AvgIpc) is 1.91. The minimum Gasteiger partial charge on any atom is -0.394 e. The van der Waals surface area contributed by atoms with Gasteiger partial charge in [0.1, 0.15) is 0 Å². The van der Waals surface area contributed by atoms with Gasteiger partial charge >= 0.3 is 0 Å². The molecule has 0 rings (SSSR count). The van der Waals surface area contributed by atoms with Crippen molar-refractivity contribution in [3.05, 3.63) is 36.8 Å². The van der Waals surface area contributed by atoms with Crippen molar-refractivity contribution < 1.29 is 4.39 Å². The predicted molar refractivity (Wildman–Crippen MR) is 48.9 cm³/mol. The minimum absolute atomic E-state index is 0.168. The van der Waals surface area contributed by atoms with Crippen LogP contribution in [0.25, 0.3) is 0 Å². The molecule has 0 atom stereocenters. The van der Waals surface area contributed by atoms with Crippen molar-refractivity contribution in [2.45, 2.75) is 13.8 Å². The number of hydrogen-bond acceptors (Lipinski definition) is 1. The summed E-state index contributed by atoms with van der Waals surface area (Å²) in [5.41, 5.74) is 0.887. The van der Waals surface area contributed by atoms with Gasteiger partial charge in [0.2, 0.25) is 0 Å². The fourth-order valence-corrected chi connectivity index (χ4v) is 0.583. The molecule has 0 unspecified atom stereocenters. The van der Waals surface area contributed by atoms with E-state index in [-0.39, 0.29) is 5.83 Å². The first-order valence-electron chi connectivity index (χ1n) is 3.34. The number of allylic oxidation sites excluding steroid dienone is 3. The van der Waals surface area contributed by atoms with E-state index in [1.54, 1.807) is 13.2 Å². The van der Waals surface area contributed by atoms with Gasteiger partial charge in [-0.15, -0.1) is 13.2 Å². The third-order valence-corrected chi connectivity index (χ3v) is 0.799. The SMILES string of the molecule is C=C.CN/C=C(C)\C=C(/C)F. The summed E-state index contributed by atoms with van der Waals surface area (Å²) in [5, 5.41) is 2.80. The maximum atomic E-state index is 12.1. The van der Waals surface area contributed by atoms with E-state index in [9.17, 15) is 4.39 Å². The maximum absolute atomic E-state index is 12.1. The lowest BCUT2D eigenvalue weighted by molar-refractivity contribution is 0.639. The van der Waals surface area contributed by atoms with Crippen LogP contribution in [0.1, 0.15) is 13.8 Å². The molecule has 0 aliphatic heterocycles. The van der Waals surface area contributed by atoms with E-state index in [1.807, 2.05) is 6.92 Å². The first kappa shape index (κ1) is 12.6. The fraction of sp³-hybridized carbons (Fsp3) is 0.333. The molecule has 0 saturated heterocycles. The first-order chi connectivity index (χ1) is 5.16. The topological polar surface area (TPSA) is 12.0 Å². The molecule has 0 amide bonds. The third kappa shape index (κ3) is 12.2. The third-order valence-electron chi connectivity index (χ3n) is 0.799. The van der Waals surface area contributed by atoms with E-state index in [1.165, 1.54) is 13.0 Å². The number of rotatable bonds is 2. The molecule has 0 aromatic heterocycles.